The highest BCUT2D eigenvalue weighted by molar-refractivity contribution is 6.07. The second-order valence-electron chi connectivity index (χ2n) is 6.50. The number of ether oxygens (including phenoxy) is 3. The maximum atomic E-state index is 12.9. The molecule has 1 aliphatic rings. The van der Waals surface area contributed by atoms with Gasteiger partial charge in [0.2, 0.25) is 0 Å². The summed E-state index contributed by atoms with van der Waals surface area (Å²) >= 11 is 0. The monoisotopic (exact) mass is 408 g/mol. The number of carbonyl (C=O) groups excluding carboxylic acids is 2. The Morgan fingerprint density at radius 2 is 1.87 bits per heavy atom. The van der Waals surface area contributed by atoms with E-state index in [4.69, 9.17) is 19.5 Å². The van der Waals surface area contributed by atoms with Crippen molar-refractivity contribution < 1.29 is 23.8 Å². The van der Waals surface area contributed by atoms with Crippen LogP contribution in [0.15, 0.2) is 47.6 Å². The summed E-state index contributed by atoms with van der Waals surface area (Å²) < 4.78 is 15.6. The van der Waals surface area contributed by atoms with E-state index < -0.39 is 17.5 Å². The van der Waals surface area contributed by atoms with Gasteiger partial charge in [-0.15, -0.1) is 5.01 Å². The third-order valence-corrected chi connectivity index (χ3v) is 4.64. The molecule has 0 bridgehead atoms. The van der Waals surface area contributed by atoms with Crippen molar-refractivity contribution in [2.45, 2.75) is 12.5 Å². The summed E-state index contributed by atoms with van der Waals surface area (Å²) in [7, 11) is 3.01. The molecule has 154 valence electrons. The van der Waals surface area contributed by atoms with Crippen LogP contribution in [0.25, 0.3) is 0 Å². The van der Waals surface area contributed by atoms with Crippen LogP contribution in [0.5, 0.6) is 17.2 Å². The molecule has 30 heavy (non-hydrogen) atoms. The molecule has 2 aromatic carbocycles. The number of hydrazone groups is 1. The number of hydrogen-bond acceptors (Lipinski definition) is 7. The SMILES string of the molecule is COc1ccc(C2(C)NC(=O)N(/N=C/c3ccc(OCC#N)c(OC)c3)C2=O)cc1. The average molecular weight is 408 g/mol. The normalized spacial score (nSPS) is 18.3. The molecule has 1 fully saturated rings. The van der Waals surface area contributed by atoms with Crippen LogP contribution in [0.3, 0.4) is 0 Å². The minimum atomic E-state index is -1.24. The third-order valence-electron chi connectivity index (χ3n) is 4.64. The average Bonchev–Trinajstić information content (AvgIpc) is 2.99. The van der Waals surface area contributed by atoms with Crippen LogP contribution in [0.2, 0.25) is 0 Å². The molecule has 3 rings (SSSR count). The van der Waals surface area contributed by atoms with Gasteiger partial charge in [0.1, 0.15) is 17.4 Å². The van der Waals surface area contributed by atoms with E-state index in [9.17, 15) is 9.59 Å². The van der Waals surface area contributed by atoms with E-state index in [0.717, 1.165) is 5.01 Å². The van der Waals surface area contributed by atoms with Crippen LogP contribution in [0, 0.1) is 11.3 Å². The number of benzene rings is 2. The Balaban J connectivity index is 1.81. The Morgan fingerprint density at radius 3 is 2.50 bits per heavy atom. The molecule has 9 heteroatoms. The molecule has 3 amide bonds. The molecule has 1 heterocycles. The first-order valence-electron chi connectivity index (χ1n) is 8.96. The lowest BCUT2D eigenvalue weighted by atomic mass is 9.92. The summed E-state index contributed by atoms with van der Waals surface area (Å²) in [6.45, 7) is 1.51. The zero-order valence-corrected chi connectivity index (χ0v) is 16.7. The first-order chi connectivity index (χ1) is 14.4. The van der Waals surface area contributed by atoms with Gasteiger partial charge in [0, 0.05) is 0 Å². The first kappa shape index (κ1) is 20.7. The van der Waals surface area contributed by atoms with Gasteiger partial charge in [0.05, 0.1) is 20.4 Å². The summed E-state index contributed by atoms with van der Waals surface area (Å²) in [6, 6.07) is 13.0. The maximum absolute atomic E-state index is 12.9. The highest BCUT2D eigenvalue weighted by Gasteiger charge is 2.49. The van der Waals surface area contributed by atoms with Crippen LogP contribution < -0.4 is 19.5 Å². The Hall–Kier alpha value is -4.06. The van der Waals surface area contributed by atoms with Gasteiger partial charge in [0.25, 0.3) is 5.91 Å². The molecule has 1 aliphatic heterocycles. The second kappa shape index (κ2) is 8.53. The molecule has 0 aliphatic carbocycles. The number of nitrogens with one attached hydrogen (secondary N) is 1. The van der Waals surface area contributed by atoms with E-state index in [1.165, 1.54) is 13.3 Å². The molecule has 0 aromatic heterocycles. The Kier molecular flexibility index (Phi) is 5.88. The van der Waals surface area contributed by atoms with Crippen molar-refractivity contribution >= 4 is 18.2 Å². The number of carbonyl (C=O) groups is 2. The smallest absolute Gasteiger partial charge is 0.346 e. The summed E-state index contributed by atoms with van der Waals surface area (Å²) in [6.07, 6.45) is 1.37. The van der Waals surface area contributed by atoms with Gasteiger partial charge in [-0.1, -0.05) is 12.1 Å². The van der Waals surface area contributed by atoms with Gasteiger partial charge in [-0.3, -0.25) is 4.79 Å². The largest absolute Gasteiger partial charge is 0.497 e. The van der Waals surface area contributed by atoms with E-state index in [1.807, 2.05) is 6.07 Å². The lowest BCUT2D eigenvalue weighted by Gasteiger charge is -2.21. The predicted molar refractivity (Wildman–Crippen MR) is 107 cm³/mol. The molecule has 1 unspecified atom stereocenters. The van der Waals surface area contributed by atoms with Crippen molar-refractivity contribution in [3.63, 3.8) is 0 Å². The number of rotatable bonds is 7. The number of amides is 3. The zero-order valence-electron chi connectivity index (χ0n) is 16.7. The number of methoxy groups -OCH3 is 2. The van der Waals surface area contributed by atoms with Crippen molar-refractivity contribution in [1.29, 1.82) is 5.26 Å². The number of urea groups is 1. The molecular weight excluding hydrogens is 388 g/mol. The zero-order chi connectivity index (χ0) is 21.7. The van der Waals surface area contributed by atoms with E-state index in [1.54, 1.807) is 56.5 Å². The van der Waals surface area contributed by atoms with Crippen molar-refractivity contribution in [3.8, 4) is 23.3 Å². The molecular formula is C21H20N4O5. The van der Waals surface area contributed by atoms with Gasteiger partial charge in [0.15, 0.2) is 18.1 Å². The number of nitrogens with zero attached hydrogens (tertiary/aromatic N) is 3. The molecule has 1 saturated heterocycles. The van der Waals surface area contributed by atoms with Crippen LogP contribution in [-0.4, -0.2) is 44.0 Å². The van der Waals surface area contributed by atoms with Gasteiger partial charge >= 0.3 is 6.03 Å². The quantitative estimate of drug-likeness (QED) is 0.556. The second-order valence-corrected chi connectivity index (χ2v) is 6.50. The fraction of sp³-hybridized carbons (Fsp3) is 0.238. The Bertz CT molecular complexity index is 1030. The minimum absolute atomic E-state index is 0.115. The molecule has 0 saturated carbocycles. The van der Waals surface area contributed by atoms with Gasteiger partial charge in [-0.25, -0.2) is 4.79 Å². The minimum Gasteiger partial charge on any atom is -0.497 e. The summed E-state index contributed by atoms with van der Waals surface area (Å²) in [4.78, 5) is 25.3. The lowest BCUT2D eigenvalue weighted by Crippen LogP contribution is -2.40. The lowest BCUT2D eigenvalue weighted by molar-refractivity contribution is -0.131. The van der Waals surface area contributed by atoms with E-state index in [-0.39, 0.29) is 6.61 Å². The Morgan fingerprint density at radius 1 is 1.13 bits per heavy atom. The molecule has 2 aromatic rings. The Labute approximate surface area is 173 Å². The van der Waals surface area contributed by atoms with Crippen molar-refractivity contribution in [1.82, 2.24) is 10.3 Å². The first-order valence-corrected chi connectivity index (χ1v) is 8.96. The van der Waals surface area contributed by atoms with Crippen molar-refractivity contribution in [3.05, 3.63) is 53.6 Å². The number of hydrogen-bond donors (Lipinski definition) is 1. The standard InChI is InChI=1S/C21H20N4O5/c1-21(15-5-7-16(28-2)8-6-15)19(26)25(20(27)24-21)23-13-14-4-9-17(30-11-10-22)18(12-14)29-3/h4-9,12-13H,11H2,1-3H3,(H,24,27)/b23-13+. The molecule has 0 spiro atoms. The summed E-state index contributed by atoms with van der Waals surface area (Å²) in [5.41, 5.74) is -0.0530. The molecule has 1 atom stereocenters. The van der Waals surface area contributed by atoms with Crippen molar-refractivity contribution in [2.75, 3.05) is 20.8 Å². The summed E-state index contributed by atoms with van der Waals surface area (Å²) in [5, 5.41) is 16.2. The van der Waals surface area contributed by atoms with E-state index in [2.05, 4.69) is 10.4 Å². The van der Waals surface area contributed by atoms with Crippen molar-refractivity contribution in [2.24, 2.45) is 5.10 Å². The fourth-order valence-electron chi connectivity index (χ4n) is 2.97. The summed E-state index contributed by atoms with van der Waals surface area (Å²) in [5.74, 6) is 0.938. The molecule has 0 radical (unpaired) electrons. The molecule has 1 N–H and O–H groups in total. The van der Waals surface area contributed by atoms with E-state index in [0.29, 0.717) is 28.4 Å². The van der Waals surface area contributed by atoms with Gasteiger partial charge < -0.3 is 19.5 Å². The highest BCUT2D eigenvalue weighted by Crippen LogP contribution is 2.31. The van der Waals surface area contributed by atoms with Gasteiger partial charge in [-0.05, 0) is 48.4 Å². The van der Waals surface area contributed by atoms with Crippen LogP contribution in [-0.2, 0) is 10.3 Å². The topological polar surface area (TPSA) is 113 Å². The number of imide groups is 1. The van der Waals surface area contributed by atoms with Crippen LogP contribution in [0.4, 0.5) is 4.79 Å². The van der Waals surface area contributed by atoms with Crippen LogP contribution in [0.1, 0.15) is 18.1 Å². The maximum Gasteiger partial charge on any atom is 0.346 e. The third kappa shape index (κ3) is 3.89. The van der Waals surface area contributed by atoms with Crippen LogP contribution >= 0.6 is 0 Å². The highest BCUT2D eigenvalue weighted by atomic mass is 16.5. The number of nitriles is 1. The van der Waals surface area contributed by atoms with E-state index >= 15 is 0 Å². The molecule has 9 nitrogen and oxygen atoms in total. The van der Waals surface area contributed by atoms with Gasteiger partial charge in [-0.2, -0.15) is 10.4 Å². The predicted octanol–water partition coefficient (Wildman–Crippen LogP) is 2.41. The fourth-order valence-corrected chi connectivity index (χ4v) is 2.97.